The third-order valence-electron chi connectivity index (χ3n) is 4.71. The van der Waals surface area contributed by atoms with E-state index >= 15 is 0 Å². The van der Waals surface area contributed by atoms with Crippen LogP contribution in [0.1, 0.15) is 0 Å². The summed E-state index contributed by atoms with van der Waals surface area (Å²) < 4.78 is 0. The van der Waals surface area contributed by atoms with Gasteiger partial charge in [-0.2, -0.15) is 0 Å². The van der Waals surface area contributed by atoms with Crippen molar-refractivity contribution in [2.24, 2.45) is 0 Å². The number of aromatic nitrogens is 3. The zero-order valence-corrected chi connectivity index (χ0v) is 16.9. The highest BCUT2D eigenvalue weighted by Gasteiger charge is 2.07. The van der Waals surface area contributed by atoms with Crippen molar-refractivity contribution in [1.82, 2.24) is 15.2 Å². The molecule has 0 atom stereocenters. The van der Waals surface area contributed by atoms with Gasteiger partial charge in [0, 0.05) is 27.8 Å². The van der Waals surface area contributed by atoms with Crippen LogP contribution in [-0.2, 0) is 0 Å². The fourth-order valence-corrected chi connectivity index (χ4v) is 3.99. The fourth-order valence-electron chi connectivity index (χ4n) is 3.15. The van der Waals surface area contributed by atoms with Crippen LogP contribution in [-0.4, -0.2) is 15.2 Å². The van der Waals surface area contributed by atoms with Crippen LogP contribution in [0.3, 0.4) is 0 Å². The van der Waals surface area contributed by atoms with Gasteiger partial charge < -0.3 is 5.32 Å². The zero-order valence-electron chi connectivity index (χ0n) is 16.1. The van der Waals surface area contributed by atoms with Gasteiger partial charge in [-0.15, -0.1) is 21.5 Å². The number of benzene rings is 3. The molecular formula is C25H18N4S. The first kappa shape index (κ1) is 18.2. The minimum Gasteiger partial charge on any atom is -0.339 e. The first-order valence-electron chi connectivity index (χ1n) is 9.63. The van der Waals surface area contributed by atoms with Crippen molar-refractivity contribution < 1.29 is 0 Å². The summed E-state index contributed by atoms with van der Waals surface area (Å²) in [6.07, 6.45) is 0. The second kappa shape index (κ2) is 8.27. The summed E-state index contributed by atoms with van der Waals surface area (Å²) in [6.45, 7) is 0. The standard InChI is InChI=1S/C25H18N4S/c1-3-7-18(8-4-1)22-15-16-24(29-28-22)26-21-13-11-19(12-14-21)23-17-30-25(27-23)20-9-5-2-6-10-20/h1-17H,(H,26,29). The van der Waals surface area contributed by atoms with Crippen molar-refractivity contribution in [3.05, 3.63) is 102 Å². The summed E-state index contributed by atoms with van der Waals surface area (Å²) in [7, 11) is 0. The Balaban J connectivity index is 1.29. The smallest absolute Gasteiger partial charge is 0.153 e. The van der Waals surface area contributed by atoms with Crippen LogP contribution < -0.4 is 5.32 Å². The number of hydrogen-bond acceptors (Lipinski definition) is 5. The molecule has 0 fully saturated rings. The summed E-state index contributed by atoms with van der Waals surface area (Å²) >= 11 is 1.66. The van der Waals surface area contributed by atoms with Crippen LogP contribution in [0.4, 0.5) is 11.5 Å². The summed E-state index contributed by atoms with van der Waals surface area (Å²) in [5.74, 6) is 0.711. The maximum absolute atomic E-state index is 4.78. The molecule has 4 nitrogen and oxygen atoms in total. The van der Waals surface area contributed by atoms with Crippen molar-refractivity contribution in [3.63, 3.8) is 0 Å². The normalized spacial score (nSPS) is 10.7. The highest BCUT2D eigenvalue weighted by molar-refractivity contribution is 7.13. The minimum absolute atomic E-state index is 0.711. The average molecular weight is 407 g/mol. The molecule has 0 aliphatic carbocycles. The SMILES string of the molecule is c1ccc(-c2ccc(Nc3ccc(-c4csc(-c5ccccc5)n4)cc3)nn2)cc1. The fraction of sp³-hybridized carbons (Fsp3) is 0. The molecule has 0 saturated carbocycles. The summed E-state index contributed by atoms with van der Waals surface area (Å²) in [5, 5.41) is 15.0. The van der Waals surface area contributed by atoms with E-state index in [1.54, 1.807) is 11.3 Å². The molecule has 5 heteroatoms. The van der Waals surface area contributed by atoms with Crippen LogP contribution in [0.2, 0.25) is 0 Å². The highest BCUT2D eigenvalue weighted by Crippen LogP contribution is 2.29. The monoisotopic (exact) mass is 406 g/mol. The van der Waals surface area contributed by atoms with E-state index in [4.69, 9.17) is 4.98 Å². The molecule has 0 amide bonds. The molecule has 0 radical (unpaired) electrons. The zero-order chi connectivity index (χ0) is 20.2. The molecule has 5 aromatic rings. The van der Waals surface area contributed by atoms with Crippen molar-refractivity contribution >= 4 is 22.8 Å². The maximum atomic E-state index is 4.78. The summed E-state index contributed by atoms with van der Waals surface area (Å²) in [6, 6.07) is 32.4. The molecule has 0 bridgehead atoms. The topological polar surface area (TPSA) is 50.7 Å². The third-order valence-corrected chi connectivity index (χ3v) is 5.60. The van der Waals surface area contributed by atoms with E-state index in [-0.39, 0.29) is 0 Å². The molecule has 2 heterocycles. The molecule has 2 aromatic heterocycles. The Labute approximate surface area is 178 Å². The molecule has 5 rings (SSSR count). The largest absolute Gasteiger partial charge is 0.339 e. The van der Waals surface area contributed by atoms with Crippen LogP contribution in [0, 0.1) is 0 Å². The van der Waals surface area contributed by atoms with Gasteiger partial charge in [-0.05, 0) is 24.3 Å². The maximum Gasteiger partial charge on any atom is 0.153 e. The van der Waals surface area contributed by atoms with Crippen LogP contribution in [0.5, 0.6) is 0 Å². The van der Waals surface area contributed by atoms with Crippen molar-refractivity contribution in [2.75, 3.05) is 5.32 Å². The average Bonchev–Trinajstić information content (AvgIpc) is 3.32. The van der Waals surface area contributed by atoms with Crippen molar-refractivity contribution in [2.45, 2.75) is 0 Å². The first-order chi connectivity index (χ1) is 14.8. The van der Waals surface area contributed by atoms with Crippen LogP contribution >= 0.6 is 11.3 Å². The molecule has 0 spiro atoms. The minimum atomic E-state index is 0.711. The lowest BCUT2D eigenvalue weighted by atomic mass is 10.1. The number of nitrogens with zero attached hydrogens (tertiary/aromatic N) is 3. The molecular weight excluding hydrogens is 388 g/mol. The lowest BCUT2D eigenvalue weighted by Gasteiger charge is -2.06. The van der Waals surface area contributed by atoms with E-state index in [1.807, 2.05) is 72.8 Å². The molecule has 0 aliphatic rings. The molecule has 3 aromatic carbocycles. The molecule has 30 heavy (non-hydrogen) atoms. The number of nitrogens with one attached hydrogen (secondary N) is 1. The Kier molecular flexibility index (Phi) is 5.02. The number of thiazole rings is 1. The van der Waals surface area contributed by atoms with Gasteiger partial charge in [0.25, 0.3) is 0 Å². The van der Waals surface area contributed by atoms with Crippen LogP contribution in [0.25, 0.3) is 33.1 Å². The molecule has 0 saturated heterocycles. The lowest BCUT2D eigenvalue weighted by molar-refractivity contribution is 1.04. The van der Waals surface area contributed by atoms with Crippen molar-refractivity contribution in [3.8, 4) is 33.1 Å². The molecule has 0 unspecified atom stereocenters. The van der Waals surface area contributed by atoms with Gasteiger partial charge in [0.2, 0.25) is 0 Å². The van der Waals surface area contributed by atoms with E-state index in [0.29, 0.717) is 5.82 Å². The first-order valence-corrected chi connectivity index (χ1v) is 10.5. The number of hydrogen-bond donors (Lipinski definition) is 1. The number of rotatable bonds is 5. The van der Waals surface area contributed by atoms with E-state index in [0.717, 1.165) is 38.8 Å². The van der Waals surface area contributed by atoms with E-state index < -0.39 is 0 Å². The predicted octanol–water partition coefficient (Wildman–Crippen LogP) is 6.68. The van der Waals surface area contributed by atoms with Crippen molar-refractivity contribution in [1.29, 1.82) is 0 Å². The Morgan fingerprint density at radius 1 is 0.567 bits per heavy atom. The Bertz CT molecular complexity index is 1230. The van der Waals surface area contributed by atoms with Gasteiger partial charge in [0.1, 0.15) is 5.01 Å². The molecule has 0 aliphatic heterocycles. The summed E-state index contributed by atoms with van der Waals surface area (Å²) in [5.41, 5.74) is 6.08. The second-order valence-corrected chi connectivity index (χ2v) is 7.63. The lowest BCUT2D eigenvalue weighted by Crippen LogP contribution is -1.96. The van der Waals surface area contributed by atoms with E-state index in [2.05, 4.69) is 45.2 Å². The Hall–Kier alpha value is -3.83. The van der Waals surface area contributed by atoms with Gasteiger partial charge in [-0.25, -0.2) is 4.98 Å². The second-order valence-electron chi connectivity index (χ2n) is 6.78. The summed E-state index contributed by atoms with van der Waals surface area (Å²) in [4.78, 5) is 4.78. The van der Waals surface area contributed by atoms with Gasteiger partial charge in [-0.1, -0.05) is 72.8 Å². The van der Waals surface area contributed by atoms with Crippen LogP contribution in [0.15, 0.2) is 102 Å². The van der Waals surface area contributed by atoms with Gasteiger partial charge in [0.15, 0.2) is 5.82 Å². The Morgan fingerprint density at radius 3 is 1.90 bits per heavy atom. The Morgan fingerprint density at radius 2 is 1.23 bits per heavy atom. The molecule has 144 valence electrons. The third kappa shape index (κ3) is 3.97. The van der Waals surface area contributed by atoms with E-state index in [9.17, 15) is 0 Å². The quantitative estimate of drug-likeness (QED) is 0.354. The van der Waals surface area contributed by atoms with Gasteiger partial charge in [-0.3, -0.25) is 0 Å². The predicted molar refractivity (Wildman–Crippen MR) is 124 cm³/mol. The highest BCUT2D eigenvalue weighted by atomic mass is 32.1. The van der Waals surface area contributed by atoms with Gasteiger partial charge >= 0.3 is 0 Å². The number of anilines is 2. The molecule has 1 N–H and O–H groups in total. The van der Waals surface area contributed by atoms with E-state index in [1.165, 1.54) is 0 Å². The van der Waals surface area contributed by atoms with Gasteiger partial charge in [0.05, 0.1) is 11.4 Å².